The van der Waals surface area contributed by atoms with Crippen molar-refractivity contribution in [2.24, 2.45) is 0 Å². The topological polar surface area (TPSA) is 104 Å². The van der Waals surface area contributed by atoms with Gasteiger partial charge >= 0.3 is 12.1 Å². The summed E-state index contributed by atoms with van der Waals surface area (Å²) in [4.78, 5) is 28.6. The van der Waals surface area contributed by atoms with Crippen molar-refractivity contribution in [1.29, 1.82) is 0 Å². The number of aryl methyl sites for hydroxylation is 1. The molecule has 0 aliphatic heterocycles. The van der Waals surface area contributed by atoms with Crippen molar-refractivity contribution in [3.05, 3.63) is 88.7 Å². The number of esters is 1. The number of pyridine rings is 1. The second-order valence-electron chi connectivity index (χ2n) is 8.19. The van der Waals surface area contributed by atoms with Gasteiger partial charge in [0, 0.05) is 23.2 Å². The molecule has 2 heterocycles. The highest BCUT2D eigenvalue weighted by Crippen LogP contribution is 2.31. The number of amides is 1. The van der Waals surface area contributed by atoms with Gasteiger partial charge < -0.3 is 14.0 Å². The van der Waals surface area contributed by atoms with Gasteiger partial charge in [0.25, 0.3) is 0 Å². The monoisotopic (exact) mass is 519 g/mol. The highest BCUT2D eigenvalue weighted by molar-refractivity contribution is 6.31. The van der Waals surface area contributed by atoms with Gasteiger partial charge in [-0.25, -0.2) is 4.79 Å². The van der Waals surface area contributed by atoms with Gasteiger partial charge in [-0.1, -0.05) is 65.3 Å². The van der Waals surface area contributed by atoms with Crippen LogP contribution in [0.2, 0.25) is 5.02 Å². The highest BCUT2D eigenvalue weighted by Gasteiger charge is 2.19. The smallest absolute Gasteiger partial charge is 0.411 e. The third-order valence-corrected chi connectivity index (χ3v) is 5.96. The first kappa shape index (κ1) is 25.9. The fourth-order valence-corrected chi connectivity index (χ4v) is 3.91. The van der Waals surface area contributed by atoms with Gasteiger partial charge in [0.2, 0.25) is 5.76 Å². The standard InChI is InChI=1S/C28H26ClN3O5/c1-3-35-25(33)16-19-8-10-20(11-9-19)22-12-13-24(30-17-22)27-26(18(2)32-37-27)31-28(34)36-15-14-21-6-4-5-7-23(21)29/h4-13,17H,3,14-16H2,1-2H3,(H,31,34). The average molecular weight is 520 g/mol. The molecule has 1 amide bonds. The molecule has 0 bridgehead atoms. The maximum Gasteiger partial charge on any atom is 0.411 e. The van der Waals surface area contributed by atoms with Gasteiger partial charge in [-0.15, -0.1) is 0 Å². The number of nitrogens with zero attached hydrogens (tertiary/aromatic N) is 2. The van der Waals surface area contributed by atoms with Crippen molar-refractivity contribution >= 4 is 29.4 Å². The molecule has 4 rings (SSSR count). The first-order valence-electron chi connectivity index (χ1n) is 11.8. The van der Waals surface area contributed by atoms with E-state index >= 15 is 0 Å². The Morgan fingerprint density at radius 1 is 1.00 bits per heavy atom. The zero-order valence-electron chi connectivity index (χ0n) is 20.5. The van der Waals surface area contributed by atoms with E-state index in [9.17, 15) is 9.59 Å². The summed E-state index contributed by atoms with van der Waals surface area (Å²) in [6, 6.07) is 18.7. The second-order valence-corrected chi connectivity index (χ2v) is 8.59. The van der Waals surface area contributed by atoms with Crippen LogP contribution in [0, 0.1) is 6.92 Å². The second kappa shape index (κ2) is 12.2. The summed E-state index contributed by atoms with van der Waals surface area (Å²) in [5, 5.41) is 7.31. The predicted octanol–water partition coefficient (Wildman–Crippen LogP) is 6.26. The number of anilines is 1. The van der Waals surface area contributed by atoms with E-state index in [1.165, 1.54) is 0 Å². The third kappa shape index (κ3) is 6.74. The van der Waals surface area contributed by atoms with Gasteiger partial charge in [-0.3, -0.25) is 15.1 Å². The Kier molecular flexibility index (Phi) is 8.53. The molecule has 0 saturated carbocycles. The number of carbonyl (C=O) groups is 2. The van der Waals surface area contributed by atoms with Gasteiger partial charge in [-0.05, 0) is 42.7 Å². The number of aromatic nitrogens is 2. The van der Waals surface area contributed by atoms with E-state index in [4.69, 9.17) is 25.6 Å². The van der Waals surface area contributed by atoms with E-state index in [0.717, 1.165) is 22.3 Å². The van der Waals surface area contributed by atoms with Crippen LogP contribution in [-0.4, -0.2) is 35.4 Å². The Morgan fingerprint density at radius 3 is 2.46 bits per heavy atom. The summed E-state index contributed by atoms with van der Waals surface area (Å²) in [7, 11) is 0. The predicted molar refractivity (Wildman–Crippen MR) is 140 cm³/mol. The molecule has 0 aliphatic carbocycles. The summed E-state index contributed by atoms with van der Waals surface area (Å²) in [5.41, 5.74) is 5.01. The van der Waals surface area contributed by atoms with Crippen LogP contribution < -0.4 is 5.32 Å². The molecule has 0 fully saturated rings. The van der Waals surface area contributed by atoms with Crippen molar-refractivity contribution in [3.8, 4) is 22.6 Å². The largest absolute Gasteiger partial charge is 0.466 e. The molecule has 0 unspecified atom stereocenters. The molecule has 0 aliphatic rings. The molecule has 0 radical (unpaired) electrons. The van der Waals surface area contributed by atoms with Crippen LogP contribution in [0.5, 0.6) is 0 Å². The number of carbonyl (C=O) groups excluding carboxylic acids is 2. The van der Waals surface area contributed by atoms with Crippen molar-refractivity contribution < 1.29 is 23.6 Å². The fourth-order valence-electron chi connectivity index (χ4n) is 3.68. The zero-order chi connectivity index (χ0) is 26.2. The third-order valence-electron chi connectivity index (χ3n) is 5.59. The molecule has 9 heteroatoms. The van der Waals surface area contributed by atoms with Crippen LogP contribution in [0.3, 0.4) is 0 Å². The quantitative estimate of drug-likeness (QED) is 0.260. The molecule has 190 valence electrons. The molecule has 0 atom stereocenters. The molecule has 4 aromatic rings. The molecular weight excluding hydrogens is 494 g/mol. The van der Waals surface area contributed by atoms with Crippen LogP contribution in [0.15, 0.2) is 71.4 Å². The van der Waals surface area contributed by atoms with E-state index < -0.39 is 6.09 Å². The Labute approximate surface area is 219 Å². The Hall–Kier alpha value is -4.17. The molecular formula is C28H26ClN3O5. The van der Waals surface area contributed by atoms with Gasteiger partial charge in [-0.2, -0.15) is 0 Å². The van der Waals surface area contributed by atoms with Crippen LogP contribution in [-0.2, 0) is 27.1 Å². The number of nitrogens with one attached hydrogen (secondary N) is 1. The van der Waals surface area contributed by atoms with Gasteiger partial charge in [0.05, 0.1) is 19.6 Å². The minimum atomic E-state index is -0.626. The zero-order valence-corrected chi connectivity index (χ0v) is 21.2. The van der Waals surface area contributed by atoms with Gasteiger partial charge in [0.1, 0.15) is 17.1 Å². The van der Waals surface area contributed by atoms with E-state index in [1.807, 2.05) is 48.5 Å². The normalized spacial score (nSPS) is 10.7. The number of hydrogen-bond acceptors (Lipinski definition) is 7. The summed E-state index contributed by atoms with van der Waals surface area (Å²) >= 11 is 6.15. The first-order valence-corrected chi connectivity index (χ1v) is 12.2. The van der Waals surface area contributed by atoms with Crippen LogP contribution in [0.25, 0.3) is 22.6 Å². The molecule has 1 N–H and O–H groups in total. The molecule has 8 nitrogen and oxygen atoms in total. The Balaban J connectivity index is 1.39. The molecule has 0 spiro atoms. The van der Waals surface area contributed by atoms with Gasteiger partial charge in [0.15, 0.2) is 0 Å². The molecule has 2 aromatic heterocycles. The molecule has 0 saturated heterocycles. The summed E-state index contributed by atoms with van der Waals surface area (Å²) in [6.07, 6.45) is 1.81. The number of benzene rings is 2. The Morgan fingerprint density at radius 2 is 1.76 bits per heavy atom. The lowest BCUT2D eigenvalue weighted by atomic mass is 10.0. The highest BCUT2D eigenvalue weighted by atomic mass is 35.5. The summed E-state index contributed by atoms with van der Waals surface area (Å²) in [6.45, 7) is 4.04. The minimum Gasteiger partial charge on any atom is -0.466 e. The SMILES string of the molecule is CCOC(=O)Cc1ccc(-c2ccc(-c3onc(C)c3NC(=O)OCCc3ccccc3Cl)nc2)cc1. The van der Waals surface area contributed by atoms with Crippen LogP contribution >= 0.6 is 11.6 Å². The lowest BCUT2D eigenvalue weighted by Crippen LogP contribution is -2.16. The lowest BCUT2D eigenvalue weighted by Gasteiger charge is -2.08. The van der Waals surface area contributed by atoms with Crippen molar-refractivity contribution in [1.82, 2.24) is 10.1 Å². The van der Waals surface area contributed by atoms with Crippen molar-refractivity contribution in [2.75, 3.05) is 18.5 Å². The number of ether oxygens (including phenoxy) is 2. The summed E-state index contributed by atoms with van der Waals surface area (Å²) in [5.74, 6) is 0.0781. The average Bonchev–Trinajstić information content (AvgIpc) is 3.25. The number of rotatable bonds is 9. The van der Waals surface area contributed by atoms with Crippen LogP contribution in [0.1, 0.15) is 23.7 Å². The van der Waals surface area contributed by atoms with E-state index in [1.54, 1.807) is 32.2 Å². The maximum absolute atomic E-state index is 12.4. The maximum atomic E-state index is 12.4. The molecule has 2 aromatic carbocycles. The minimum absolute atomic E-state index is 0.167. The number of halogens is 1. The first-order chi connectivity index (χ1) is 17.9. The fraction of sp³-hybridized carbons (Fsp3) is 0.214. The van der Waals surface area contributed by atoms with Crippen LogP contribution in [0.4, 0.5) is 10.5 Å². The molecule has 37 heavy (non-hydrogen) atoms. The Bertz CT molecular complexity index is 1370. The van der Waals surface area contributed by atoms with E-state index in [2.05, 4.69) is 15.5 Å². The van der Waals surface area contributed by atoms with E-state index in [-0.39, 0.29) is 19.0 Å². The lowest BCUT2D eigenvalue weighted by molar-refractivity contribution is -0.142. The number of hydrogen-bond donors (Lipinski definition) is 1. The van der Waals surface area contributed by atoms with Crippen molar-refractivity contribution in [2.45, 2.75) is 26.7 Å². The van der Waals surface area contributed by atoms with Crippen molar-refractivity contribution in [3.63, 3.8) is 0 Å². The van der Waals surface area contributed by atoms with E-state index in [0.29, 0.717) is 40.9 Å². The summed E-state index contributed by atoms with van der Waals surface area (Å²) < 4.78 is 15.8.